The van der Waals surface area contributed by atoms with Gasteiger partial charge >= 0.3 is 0 Å². The molecule has 0 spiro atoms. The predicted molar refractivity (Wildman–Crippen MR) is 204 cm³/mol. The maximum atomic E-state index is 2.63. The molecule has 2 radical (unpaired) electrons. The molecule has 0 aromatic heterocycles. The van der Waals surface area contributed by atoms with Crippen molar-refractivity contribution >= 4 is 21.7 Å². The molecule has 1 heteroatoms. The van der Waals surface area contributed by atoms with Gasteiger partial charge in [0, 0.05) is 0 Å². The molecule has 238 valence electrons. The van der Waals surface area contributed by atoms with E-state index >= 15 is 0 Å². The Labute approximate surface area is 286 Å². The molecule has 0 bridgehead atoms. The van der Waals surface area contributed by atoms with Gasteiger partial charge in [0.15, 0.2) is 0 Å². The smallest absolute Gasteiger partial charge is 0.0678 e. The van der Waals surface area contributed by atoms with E-state index in [0.717, 1.165) is 9.52 Å². The highest BCUT2D eigenvalue weighted by Crippen LogP contribution is 2.51. The third-order valence-electron chi connectivity index (χ3n) is 11.6. The summed E-state index contributed by atoms with van der Waals surface area (Å²) in [5.41, 5.74) is 25.8. The molecule has 4 aromatic rings. The van der Waals surface area contributed by atoms with Gasteiger partial charge in [-0.2, -0.15) is 0 Å². The lowest BCUT2D eigenvalue weighted by Crippen LogP contribution is -2.17. The fourth-order valence-electron chi connectivity index (χ4n) is 9.01. The van der Waals surface area contributed by atoms with Crippen LogP contribution >= 0.6 is 0 Å². The third-order valence-corrected chi connectivity index (χ3v) is 13.8. The second-order valence-corrected chi connectivity index (χ2v) is 18.4. The zero-order chi connectivity index (χ0) is 32.8. The van der Waals surface area contributed by atoms with Gasteiger partial charge in [0.25, 0.3) is 0 Å². The van der Waals surface area contributed by atoms with E-state index in [1.165, 1.54) is 83.0 Å². The van der Waals surface area contributed by atoms with Crippen LogP contribution in [0.5, 0.6) is 0 Å². The zero-order valence-corrected chi connectivity index (χ0v) is 30.8. The van der Waals surface area contributed by atoms with E-state index in [-0.39, 0.29) is 10.8 Å². The second kappa shape index (κ2) is 11.1. The van der Waals surface area contributed by atoms with Crippen LogP contribution in [0.3, 0.4) is 0 Å². The van der Waals surface area contributed by atoms with Crippen LogP contribution in [0.15, 0.2) is 71.8 Å². The lowest BCUT2D eigenvalue weighted by molar-refractivity contribution is 0.590. The van der Waals surface area contributed by atoms with Crippen LogP contribution in [0.1, 0.15) is 135 Å². The Kier molecular flexibility index (Phi) is 7.27. The van der Waals surface area contributed by atoms with Crippen LogP contribution in [0.25, 0.3) is 34.4 Å². The number of hydrogen-bond acceptors (Lipinski definition) is 0. The number of benzene rings is 4. The van der Waals surface area contributed by atoms with Gasteiger partial charge in [-0.1, -0.05) is 126 Å². The van der Waals surface area contributed by atoms with Gasteiger partial charge in [0.1, 0.15) is 0 Å². The van der Waals surface area contributed by atoms with Gasteiger partial charge in [-0.05, 0) is 152 Å². The summed E-state index contributed by atoms with van der Waals surface area (Å²) in [5, 5.41) is 0. The van der Waals surface area contributed by atoms with E-state index < -0.39 is 0 Å². The molecule has 4 aromatic carbocycles. The van der Waals surface area contributed by atoms with Crippen LogP contribution in [0, 0.1) is 0 Å². The van der Waals surface area contributed by atoms with Gasteiger partial charge < -0.3 is 0 Å². The van der Waals surface area contributed by atoms with Gasteiger partial charge in [0.05, 0.1) is 9.52 Å². The Morgan fingerprint density at radius 2 is 0.915 bits per heavy atom. The summed E-state index contributed by atoms with van der Waals surface area (Å²) in [4.78, 5) is 0. The standard InChI is InChI=1S/C46H50Si/c1-27-23-37-39(25-31-11-9-13-35(31)41(37)29-15-19-33(20-16-29)45(3,4)5)43(27)47-44-28(2)24-38-40(44)26-32-12-10-14-36(32)42(38)30-17-21-34(22-18-30)46(6,7)8/h15-26,43-44H,9-14H2,1-8H3. The maximum absolute atomic E-state index is 2.63. The monoisotopic (exact) mass is 630 g/mol. The number of rotatable bonds is 4. The van der Waals surface area contributed by atoms with E-state index in [1.807, 2.05) is 0 Å². The molecule has 4 aliphatic rings. The SMILES string of the molecule is CC1=Cc2c(cc3c(c2-c2ccc(C(C)(C)C)cc2)CCC3)C1[Si]C1C(C)=Cc2c1cc1c(c2-c2ccc(C(C)(C)C)cc2)CCC1. The van der Waals surface area contributed by atoms with E-state index in [4.69, 9.17) is 0 Å². The van der Waals surface area contributed by atoms with Gasteiger partial charge in [0.2, 0.25) is 0 Å². The summed E-state index contributed by atoms with van der Waals surface area (Å²) in [5.74, 6) is 0. The molecule has 8 rings (SSSR count). The zero-order valence-electron chi connectivity index (χ0n) is 29.8. The summed E-state index contributed by atoms with van der Waals surface area (Å²) in [6.45, 7) is 18.7. The summed E-state index contributed by atoms with van der Waals surface area (Å²) in [7, 11) is 0.816. The molecule has 4 aliphatic carbocycles. The summed E-state index contributed by atoms with van der Waals surface area (Å²) in [6.07, 6.45) is 12.6. The third kappa shape index (κ3) is 5.16. The molecule has 0 N–H and O–H groups in total. The van der Waals surface area contributed by atoms with Crippen LogP contribution < -0.4 is 0 Å². The molecule has 47 heavy (non-hydrogen) atoms. The Bertz CT molecular complexity index is 1820. The Hall–Kier alpha value is -3.42. The first-order valence-electron chi connectivity index (χ1n) is 18.1. The first kappa shape index (κ1) is 30.9. The van der Waals surface area contributed by atoms with Crippen molar-refractivity contribution in [3.05, 3.63) is 127 Å². The molecule has 0 amide bonds. The number of hydrogen-bond donors (Lipinski definition) is 0. The average Bonchev–Trinajstić information content (AvgIpc) is 3.81. The summed E-state index contributed by atoms with van der Waals surface area (Å²) in [6, 6.07) is 24.4. The van der Waals surface area contributed by atoms with Crippen LogP contribution in [-0.4, -0.2) is 9.52 Å². The largest absolute Gasteiger partial charge is 0.0684 e. The lowest BCUT2D eigenvalue weighted by atomic mass is 9.84. The van der Waals surface area contributed by atoms with Crippen molar-refractivity contribution in [2.24, 2.45) is 0 Å². The van der Waals surface area contributed by atoms with Gasteiger partial charge in [-0.3, -0.25) is 0 Å². The highest BCUT2D eigenvalue weighted by atomic mass is 28.2. The Morgan fingerprint density at radius 1 is 0.532 bits per heavy atom. The summed E-state index contributed by atoms with van der Waals surface area (Å²) < 4.78 is 0. The minimum absolute atomic E-state index is 0.167. The molecule has 0 saturated heterocycles. The van der Waals surface area contributed by atoms with Crippen LogP contribution in [0.2, 0.25) is 0 Å². The van der Waals surface area contributed by atoms with Crippen molar-refractivity contribution in [1.82, 2.24) is 0 Å². The quantitative estimate of drug-likeness (QED) is 0.197. The first-order chi connectivity index (χ1) is 22.4. The fourth-order valence-corrected chi connectivity index (χ4v) is 10.9. The highest BCUT2D eigenvalue weighted by molar-refractivity contribution is 6.44. The highest BCUT2D eigenvalue weighted by Gasteiger charge is 2.36. The lowest BCUT2D eigenvalue weighted by Gasteiger charge is -2.24. The minimum Gasteiger partial charge on any atom is -0.0684 e. The predicted octanol–water partition coefficient (Wildman–Crippen LogP) is 11.9. The van der Waals surface area contributed by atoms with Gasteiger partial charge in [-0.15, -0.1) is 0 Å². The molecule has 0 nitrogen and oxygen atoms in total. The van der Waals surface area contributed by atoms with Crippen LogP contribution in [-0.2, 0) is 36.5 Å². The van der Waals surface area contributed by atoms with Crippen LogP contribution in [0.4, 0.5) is 0 Å². The van der Waals surface area contributed by atoms with E-state index in [2.05, 4.69) is 128 Å². The van der Waals surface area contributed by atoms with E-state index in [9.17, 15) is 0 Å². The van der Waals surface area contributed by atoms with E-state index in [1.54, 1.807) is 44.5 Å². The topological polar surface area (TPSA) is 0 Å². The molecular weight excluding hydrogens is 581 g/mol. The number of allylic oxidation sites excluding steroid dienone is 2. The van der Waals surface area contributed by atoms with Crippen molar-refractivity contribution in [3.63, 3.8) is 0 Å². The van der Waals surface area contributed by atoms with Crippen molar-refractivity contribution in [3.8, 4) is 22.3 Å². The fraction of sp³-hybridized carbons (Fsp3) is 0.391. The molecular formula is C46H50Si. The van der Waals surface area contributed by atoms with Crippen molar-refractivity contribution < 1.29 is 0 Å². The number of fused-ring (bicyclic) bond motifs is 4. The molecule has 0 fully saturated rings. The molecule has 2 atom stereocenters. The second-order valence-electron chi connectivity index (χ2n) is 17.0. The molecule has 2 unspecified atom stereocenters. The minimum atomic E-state index is 0.167. The number of aryl methyl sites for hydroxylation is 2. The van der Waals surface area contributed by atoms with Crippen molar-refractivity contribution in [2.75, 3.05) is 0 Å². The van der Waals surface area contributed by atoms with Gasteiger partial charge in [-0.25, -0.2) is 0 Å². The average molecular weight is 631 g/mol. The normalized spacial score (nSPS) is 19.7. The maximum Gasteiger partial charge on any atom is 0.0678 e. The van der Waals surface area contributed by atoms with E-state index in [0.29, 0.717) is 11.1 Å². The molecule has 0 heterocycles. The van der Waals surface area contributed by atoms with Crippen molar-refractivity contribution in [1.29, 1.82) is 0 Å². The Morgan fingerprint density at radius 3 is 1.28 bits per heavy atom. The first-order valence-corrected chi connectivity index (χ1v) is 19.3. The molecule has 0 aliphatic heterocycles. The summed E-state index contributed by atoms with van der Waals surface area (Å²) >= 11 is 0. The molecule has 0 saturated carbocycles. The van der Waals surface area contributed by atoms with Crippen molar-refractivity contribution in [2.45, 2.75) is 116 Å². The Balaban J connectivity index is 1.19.